The quantitative estimate of drug-likeness (QED) is 0.174. The third-order valence-corrected chi connectivity index (χ3v) is 12.1. The normalized spacial score (nSPS) is 11.9. The van der Waals surface area contributed by atoms with Crippen LogP contribution in [0.2, 0.25) is 0 Å². The maximum absolute atomic E-state index is 6.91. The molecule has 0 saturated heterocycles. The highest BCUT2D eigenvalue weighted by Crippen LogP contribution is 2.42. The van der Waals surface area contributed by atoms with Crippen molar-refractivity contribution < 1.29 is 8.83 Å². The van der Waals surface area contributed by atoms with E-state index in [1.807, 2.05) is 36.4 Å². The first kappa shape index (κ1) is 33.6. The van der Waals surface area contributed by atoms with Crippen molar-refractivity contribution in [2.75, 3.05) is 0 Å². The third kappa shape index (κ3) is 5.19. The van der Waals surface area contributed by atoms with E-state index < -0.39 is 0 Å². The van der Waals surface area contributed by atoms with Gasteiger partial charge in [-0.15, -0.1) is 0 Å². The van der Waals surface area contributed by atoms with Crippen molar-refractivity contribution in [3.8, 4) is 51.0 Å². The number of aromatic nitrogens is 4. The van der Waals surface area contributed by atoms with E-state index in [9.17, 15) is 0 Å². The van der Waals surface area contributed by atoms with Gasteiger partial charge < -0.3 is 13.4 Å². The molecule has 0 spiro atoms. The van der Waals surface area contributed by atoms with Crippen LogP contribution in [0.25, 0.3) is 127 Å². The maximum Gasteiger partial charge on any atom is 0.167 e. The molecular weight excluding hydrogens is 749 g/mol. The van der Waals surface area contributed by atoms with Gasteiger partial charge in [0, 0.05) is 43.6 Å². The molecule has 4 aromatic heterocycles. The molecule has 0 amide bonds. The third-order valence-electron chi connectivity index (χ3n) is 12.1. The van der Waals surface area contributed by atoms with E-state index in [-0.39, 0.29) is 0 Å². The molecule has 61 heavy (non-hydrogen) atoms. The van der Waals surface area contributed by atoms with E-state index in [1.165, 1.54) is 16.3 Å². The Morgan fingerprint density at radius 3 is 1.72 bits per heavy atom. The summed E-state index contributed by atoms with van der Waals surface area (Å²) in [7, 11) is 0. The van der Waals surface area contributed by atoms with Gasteiger partial charge >= 0.3 is 0 Å². The highest BCUT2D eigenvalue weighted by atomic mass is 16.3. The van der Waals surface area contributed by atoms with Crippen molar-refractivity contribution in [3.63, 3.8) is 0 Å². The van der Waals surface area contributed by atoms with Crippen molar-refractivity contribution in [3.05, 3.63) is 194 Å². The van der Waals surface area contributed by atoms with Gasteiger partial charge in [-0.3, -0.25) is 0 Å². The number of para-hydroxylation sites is 5. The number of hydrogen-bond acceptors (Lipinski definition) is 5. The lowest BCUT2D eigenvalue weighted by atomic mass is 9.98. The summed E-state index contributed by atoms with van der Waals surface area (Å²) in [5, 5.41) is 8.75. The van der Waals surface area contributed by atoms with Crippen LogP contribution in [-0.4, -0.2) is 19.5 Å². The zero-order valence-corrected chi connectivity index (χ0v) is 32.6. The molecule has 4 heterocycles. The monoisotopic (exact) mass is 780 g/mol. The lowest BCUT2D eigenvalue weighted by Crippen LogP contribution is -2.00. The van der Waals surface area contributed by atoms with Crippen LogP contribution in [-0.2, 0) is 0 Å². The molecule has 0 fully saturated rings. The average Bonchev–Trinajstić information content (AvgIpc) is 4.01. The second-order valence-electron chi connectivity index (χ2n) is 15.5. The molecule has 0 saturated carbocycles. The minimum Gasteiger partial charge on any atom is -0.455 e. The molecule has 0 aliphatic rings. The number of benzene rings is 9. The lowest BCUT2D eigenvalue weighted by Gasteiger charge is -2.10. The standard InChI is InChI=1S/C55H32N4O2/c1-2-15-37(16-3-1)59-46-24-8-6-18-43(46)50-38(19-12-25-47(50)59)35-29-30-40-42-21-11-23-45(52(42)61-49(40)32-35)55-57-53(36-28-27-33-13-4-5-14-34(33)31-36)56-54(58-55)44-22-10-20-41-39-17-7-9-26-48(39)60-51(41)44/h1-32H. The molecule has 0 radical (unpaired) electrons. The SMILES string of the molecule is c1ccc(-n2c3ccccc3c3c(-c4ccc5c(c4)oc4c(-c6nc(-c7ccc8ccccc8c7)nc(-c7cccc8c7oc7ccccc78)n6)cccc45)cccc32)cc1. The molecule has 0 N–H and O–H groups in total. The zero-order valence-electron chi connectivity index (χ0n) is 32.6. The largest absolute Gasteiger partial charge is 0.455 e. The van der Waals surface area contributed by atoms with Crippen LogP contribution in [0, 0.1) is 0 Å². The Bertz CT molecular complexity index is 3900. The highest BCUT2D eigenvalue weighted by molar-refractivity contribution is 6.17. The number of rotatable bonds is 5. The van der Waals surface area contributed by atoms with Crippen LogP contribution in [0.5, 0.6) is 0 Å². The summed E-state index contributed by atoms with van der Waals surface area (Å²) in [5.74, 6) is 1.61. The van der Waals surface area contributed by atoms with Crippen molar-refractivity contribution >= 4 is 76.5 Å². The fourth-order valence-corrected chi connectivity index (χ4v) is 9.25. The van der Waals surface area contributed by atoms with E-state index in [0.29, 0.717) is 17.5 Å². The minimum atomic E-state index is 0.518. The molecule has 6 nitrogen and oxygen atoms in total. The van der Waals surface area contributed by atoms with Crippen LogP contribution >= 0.6 is 0 Å². The Morgan fingerprint density at radius 2 is 0.918 bits per heavy atom. The van der Waals surface area contributed by atoms with E-state index in [1.54, 1.807) is 0 Å². The van der Waals surface area contributed by atoms with Gasteiger partial charge in [0.25, 0.3) is 0 Å². The molecule has 13 rings (SSSR count). The summed E-state index contributed by atoms with van der Waals surface area (Å²) in [4.78, 5) is 15.6. The second-order valence-corrected chi connectivity index (χ2v) is 15.5. The summed E-state index contributed by atoms with van der Waals surface area (Å²) in [6.45, 7) is 0. The summed E-state index contributed by atoms with van der Waals surface area (Å²) >= 11 is 0. The Labute approximate surface area is 348 Å². The van der Waals surface area contributed by atoms with Gasteiger partial charge in [0.1, 0.15) is 22.3 Å². The maximum atomic E-state index is 6.91. The fraction of sp³-hybridized carbons (Fsp3) is 0. The Morgan fingerprint density at radius 1 is 0.344 bits per heavy atom. The smallest absolute Gasteiger partial charge is 0.167 e. The van der Waals surface area contributed by atoms with E-state index in [4.69, 9.17) is 23.8 Å². The van der Waals surface area contributed by atoms with Gasteiger partial charge in [-0.2, -0.15) is 0 Å². The first-order valence-corrected chi connectivity index (χ1v) is 20.4. The van der Waals surface area contributed by atoms with E-state index >= 15 is 0 Å². The summed E-state index contributed by atoms with van der Waals surface area (Å²) in [5.41, 5.74) is 11.2. The molecule has 0 atom stereocenters. The van der Waals surface area contributed by atoms with Crippen LogP contribution in [0.15, 0.2) is 203 Å². The van der Waals surface area contributed by atoms with Crippen molar-refractivity contribution in [1.82, 2.24) is 19.5 Å². The summed E-state index contributed by atoms with van der Waals surface area (Å²) in [6.07, 6.45) is 0. The molecule has 0 unspecified atom stereocenters. The van der Waals surface area contributed by atoms with Gasteiger partial charge in [-0.1, -0.05) is 133 Å². The predicted octanol–water partition coefficient (Wildman–Crippen LogP) is 14.6. The Balaban J connectivity index is 1.01. The van der Waals surface area contributed by atoms with Crippen LogP contribution < -0.4 is 0 Å². The van der Waals surface area contributed by atoms with E-state index in [2.05, 4.69) is 162 Å². The molecule has 6 heteroatoms. The fourth-order valence-electron chi connectivity index (χ4n) is 9.25. The molecule has 0 aliphatic heterocycles. The molecule has 284 valence electrons. The summed E-state index contributed by atoms with van der Waals surface area (Å²) < 4.78 is 15.8. The van der Waals surface area contributed by atoms with Gasteiger partial charge in [0.2, 0.25) is 0 Å². The zero-order chi connectivity index (χ0) is 40.0. The van der Waals surface area contributed by atoms with Gasteiger partial charge in [0.05, 0.1) is 22.2 Å². The van der Waals surface area contributed by atoms with Crippen molar-refractivity contribution in [2.45, 2.75) is 0 Å². The number of fused-ring (bicyclic) bond motifs is 10. The molecule has 9 aromatic carbocycles. The average molecular weight is 781 g/mol. The Hall–Kier alpha value is -8.35. The molecule has 0 bridgehead atoms. The van der Waals surface area contributed by atoms with Gasteiger partial charge in [-0.05, 0) is 82.6 Å². The van der Waals surface area contributed by atoms with Crippen LogP contribution in [0.4, 0.5) is 0 Å². The lowest BCUT2D eigenvalue weighted by molar-refractivity contribution is 0.669. The highest BCUT2D eigenvalue weighted by Gasteiger charge is 2.22. The van der Waals surface area contributed by atoms with Crippen molar-refractivity contribution in [2.24, 2.45) is 0 Å². The number of furan rings is 2. The van der Waals surface area contributed by atoms with E-state index in [0.717, 1.165) is 93.7 Å². The first-order chi connectivity index (χ1) is 30.2. The summed E-state index contributed by atoms with van der Waals surface area (Å²) in [6, 6.07) is 67.5. The second kappa shape index (κ2) is 13.1. The molecule has 13 aromatic rings. The van der Waals surface area contributed by atoms with Gasteiger partial charge in [-0.25, -0.2) is 15.0 Å². The van der Waals surface area contributed by atoms with Gasteiger partial charge in [0.15, 0.2) is 17.5 Å². The topological polar surface area (TPSA) is 69.9 Å². The number of nitrogens with zero attached hydrogens (tertiary/aromatic N) is 4. The van der Waals surface area contributed by atoms with Crippen LogP contribution in [0.3, 0.4) is 0 Å². The first-order valence-electron chi connectivity index (χ1n) is 20.4. The van der Waals surface area contributed by atoms with Crippen LogP contribution in [0.1, 0.15) is 0 Å². The minimum absolute atomic E-state index is 0.518. The number of hydrogen-bond donors (Lipinski definition) is 0. The van der Waals surface area contributed by atoms with Crippen molar-refractivity contribution in [1.29, 1.82) is 0 Å². The molecular formula is C55H32N4O2. The predicted molar refractivity (Wildman–Crippen MR) is 248 cm³/mol. The Kier molecular flexibility index (Phi) is 7.21. The molecule has 0 aliphatic carbocycles.